The van der Waals surface area contributed by atoms with Crippen LogP contribution in [0.3, 0.4) is 0 Å². The van der Waals surface area contributed by atoms with Crippen LogP contribution < -0.4 is 0 Å². The highest BCUT2D eigenvalue weighted by atomic mass is 16.6. The van der Waals surface area contributed by atoms with Crippen molar-refractivity contribution >= 4 is 17.9 Å². The van der Waals surface area contributed by atoms with Gasteiger partial charge >= 0.3 is 11.8 Å². The molecule has 0 bridgehead atoms. The van der Waals surface area contributed by atoms with Crippen molar-refractivity contribution in [3.05, 3.63) is 64.1 Å². The largest absolute Gasteiger partial charge is 0.478 e. The standard InChI is InChI=1S/C9H8O2.C7H11N3O3/c10-9(11)7-6-8-4-2-1-3-5-8;1-5(11)4-9-6(2)8-3-7(9)10(12)13/h1-7H,(H,10,11);3,5,11H,4H2,1-2H3. The quantitative estimate of drug-likeness (QED) is 0.492. The van der Waals surface area contributed by atoms with Gasteiger partial charge in [0.2, 0.25) is 0 Å². The van der Waals surface area contributed by atoms with Crippen LogP contribution in [0.1, 0.15) is 18.3 Å². The number of aliphatic hydroxyl groups excluding tert-OH is 1. The number of carbonyl (C=O) groups is 1. The van der Waals surface area contributed by atoms with Crippen molar-refractivity contribution in [3.63, 3.8) is 0 Å². The van der Waals surface area contributed by atoms with Crippen LogP contribution in [-0.4, -0.2) is 36.8 Å². The summed E-state index contributed by atoms with van der Waals surface area (Å²) in [5.41, 5.74) is 0.898. The molecule has 8 heteroatoms. The number of hydrogen-bond donors (Lipinski definition) is 2. The highest BCUT2D eigenvalue weighted by molar-refractivity contribution is 5.85. The molecule has 0 amide bonds. The molecular weight excluding hydrogens is 314 g/mol. The molecule has 0 spiro atoms. The molecule has 0 aliphatic carbocycles. The molecule has 2 aromatic rings. The average Bonchev–Trinajstić information content (AvgIpc) is 2.87. The third-order valence-corrected chi connectivity index (χ3v) is 2.89. The van der Waals surface area contributed by atoms with Crippen molar-refractivity contribution in [2.75, 3.05) is 0 Å². The monoisotopic (exact) mass is 333 g/mol. The smallest absolute Gasteiger partial charge is 0.342 e. The highest BCUT2D eigenvalue weighted by Crippen LogP contribution is 2.13. The normalized spacial score (nSPS) is 11.6. The first-order chi connectivity index (χ1) is 11.3. The number of carboxylic acids is 1. The summed E-state index contributed by atoms with van der Waals surface area (Å²) in [5.74, 6) is -0.472. The first kappa shape index (κ1) is 19.0. The maximum Gasteiger partial charge on any atom is 0.342 e. The summed E-state index contributed by atoms with van der Waals surface area (Å²) < 4.78 is 1.38. The number of aliphatic hydroxyl groups is 1. The van der Waals surface area contributed by atoms with Crippen molar-refractivity contribution in [2.45, 2.75) is 26.5 Å². The molecule has 1 aromatic heterocycles. The van der Waals surface area contributed by atoms with Crippen LogP contribution in [0, 0.1) is 17.0 Å². The highest BCUT2D eigenvalue weighted by Gasteiger charge is 2.18. The molecule has 0 aliphatic heterocycles. The number of nitrogens with zero attached hydrogens (tertiary/aromatic N) is 3. The fraction of sp³-hybridized carbons (Fsp3) is 0.250. The molecule has 8 nitrogen and oxygen atoms in total. The minimum Gasteiger partial charge on any atom is -0.478 e. The van der Waals surface area contributed by atoms with Gasteiger partial charge in [0.15, 0.2) is 5.82 Å². The maximum atomic E-state index is 10.5. The lowest BCUT2D eigenvalue weighted by molar-refractivity contribution is -0.392. The van der Waals surface area contributed by atoms with E-state index in [1.54, 1.807) is 19.9 Å². The van der Waals surface area contributed by atoms with E-state index < -0.39 is 17.0 Å². The van der Waals surface area contributed by atoms with Crippen LogP contribution in [-0.2, 0) is 11.3 Å². The predicted octanol–water partition coefficient (Wildman–Crippen LogP) is 2.26. The van der Waals surface area contributed by atoms with E-state index in [0.29, 0.717) is 5.82 Å². The molecule has 1 unspecified atom stereocenters. The molecule has 128 valence electrons. The second-order valence-electron chi connectivity index (χ2n) is 4.96. The van der Waals surface area contributed by atoms with Gasteiger partial charge in [0.1, 0.15) is 12.7 Å². The second kappa shape index (κ2) is 9.21. The zero-order valence-corrected chi connectivity index (χ0v) is 13.4. The molecule has 1 aromatic carbocycles. The zero-order chi connectivity index (χ0) is 18.1. The van der Waals surface area contributed by atoms with E-state index in [2.05, 4.69) is 4.98 Å². The first-order valence-electron chi connectivity index (χ1n) is 7.12. The summed E-state index contributed by atoms with van der Waals surface area (Å²) in [6.45, 7) is 3.43. The van der Waals surface area contributed by atoms with Crippen molar-refractivity contribution in [2.24, 2.45) is 0 Å². The number of nitro groups is 1. The predicted molar refractivity (Wildman–Crippen MR) is 88.4 cm³/mol. The third-order valence-electron chi connectivity index (χ3n) is 2.89. The molecule has 24 heavy (non-hydrogen) atoms. The minimum absolute atomic E-state index is 0.0848. The summed E-state index contributed by atoms with van der Waals surface area (Å²) in [6, 6.07) is 9.31. The molecule has 2 rings (SSSR count). The van der Waals surface area contributed by atoms with Gasteiger partial charge in [0.05, 0.1) is 6.10 Å². The lowest BCUT2D eigenvalue weighted by Crippen LogP contribution is -2.14. The Bertz CT molecular complexity index is 708. The lowest BCUT2D eigenvalue weighted by atomic mass is 10.2. The third kappa shape index (κ3) is 6.41. The Kier molecular flexibility index (Phi) is 7.31. The van der Waals surface area contributed by atoms with Gasteiger partial charge in [-0.25, -0.2) is 14.3 Å². The summed E-state index contributed by atoms with van der Waals surface area (Å²) in [7, 11) is 0. The number of carboxylic acid groups (broad SMARTS) is 1. The Morgan fingerprint density at radius 1 is 1.42 bits per heavy atom. The van der Waals surface area contributed by atoms with Crippen LogP contribution in [0.5, 0.6) is 0 Å². The van der Waals surface area contributed by atoms with E-state index in [1.165, 1.54) is 10.8 Å². The van der Waals surface area contributed by atoms with Gasteiger partial charge < -0.3 is 20.3 Å². The number of hydrogen-bond acceptors (Lipinski definition) is 5. The van der Waals surface area contributed by atoms with Crippen LogP contribution in [0.25, 0.3) is 6.08 Å². The molecule has 0 fully saturated rings. The van der Waals surface area contributed by atoms with Crippen LogP contribution in [0.4, 0.5) is 5.82 Å². The van der Waals surface area contributed by atoms with Gasteiger partial charge in [-0.05, 0) is 23.5 Å². The van der Waals surface area contributed by atoms with Crippen LogP contribution in [0.15, 0.2) is 42.6 Å². The molecule has 0 radical (unpaired) electrons. The van der Waals surface area contributed by atoms with Gasteiger partial charge in [0.25, 0.3) is 0 Å². The summed E-state index contributed by atoms with van der Waals surface area (Å²) >= 11 is 0. The van der Waals surface area contributed by atoms with E-state index in [-0.39, 0.29) is 12.4 Å². The van der Waals surface area contributed by atoms with E-state index in [9.17, 15) is 14.9 Å². The van der Waals surface area contributed by atoms with Crippen LogP contribution >= 0.6 is 0 Å². The van der Waals surface area contributed by atoms with Crippen LogP contribution in [0.2, 0.25) is 0 Å². The topological polar surface area (TPSA) is 118 Å². The van der Waals surface area contributed by atoms with E-state index in [1.807, 2.05) is 30.3 Å². The Balaban J connectivity index is 0.000000243. The second-order valence-corrected chi connectivity index (χ2v) is 4.96. The van der Waals surface area contributed by atoms with Crippen molar-refractivity contribution in [3.8, 4) is 0 Å². The van der Waals surface area contributed by atoms with E-state index >= 15 is 0 Å². The number of aliphatic carboxylic acids is 1. The molecule has 2 N–H and O–H groups in total. The number of benzene rings is 1. The Hall–Kier alpha value is -3.00. The van der Waals surface area contributed by atoms with E-state index in [4.69, 9.17) is 10.2 Å². The number of aryl methyl sites for hydroxylation is 1. The molecule has 0 aliphatic rings. The van der Waals surface area contributed by atoms with Gasteiger partial charge in [-0.2, -0.15) is 0 Å². The van der Waals surface area contributed by atoms with Crippen molar-refractivity contribution in [1.29, 1.82) is 0 Å². The Labute approximate surface area is 138 Å². The Morgan fingerprint density at radius 3 is 2.54 bits per heavy atom. The first-order valence-corrected chi connectivity index (χ1v) is 7.12. The molecule has 1 atom stereocenters. The molecule has 0 saturated heterocycles. The molecule has 0 saturated carbocycles. The van der Waals surface area contributed by atoms with Gasteiger partial charge in [-0.3, -0.25) is 0 Å². The van der Waals surface area contributed by atoms with Crippen molar-refractivity contribution < 1.29 is 19.9 Å². The van der Waals surface area contributed by atoms with Gasteiger partial charge in [-0.1, -0.05) is 30.3 Å². The summed E-state index contributed by atoms with van der Waals surface area (Å²) in [6.07, 6.45) is 3.25. The van der Waals surface area contributed by atoms with Gasteiger partial charge in [0, 0.05) is 13.0 Å². The zero-order valence-electron chi connectivity index (χ0n) is 13.4. The van der Waals surface area contributed by atoms with Crippen molar-refractivity contribution in [1.82, 2.24) is 9.55 Å². The number of imidazole rings is 1. The lowest BCUT2D eigenvalue weighted by Gasteiger charge is -2.04. The number of aromatic nitrogens is 2. The molecule has 1 heterocycles. The van der Waals surface area contributed by atoms with Gasteiger partial charge in [-0.15, -0.1) is 0 Å². The molecular formula is C16H19N3O5. The maximum absolute atomic E-state index is 10.5. The minimum atomic E-state index is -0.922. The summed E-state index contributed by atoms with van der Waals surface area (Å²) in [5, 5.41) is 27.9. The fourth-order valence-electron chi connectivity index (χ4n) is 1.82. The SMILES string of the molecule is Cc1ncc([N+](=O)[O-])n1CC(C)O.O=C(O)C=Cc1ccccc1. The summed E-state index contributed by atoms with van der Waals surface area (Å²) in [4.78, 5) is 23.9. The average molecular weight is 333 g/mol. The van der Waals surface area contributed by atoms with E-state index in [0.717, 1.165) is 11.6 Å². The number of rotatable bonds is 5. The fourth-order valence-corrected chi connectivity index (χ4v) is 1.82. The Morgan fingerprint density at radius 2 is 2.04 bits per heavy atom.